The third-order valence-electron chi connectivity index (χ3n) is 3.99. The van der Waals surface area contributed by atoms with E-state index in [1.165, 1.54) is 25.7 Å². The number of ether oxygens (including phenoxy) is 2. The average molecular weight is 228 g/mol. The highest BCUT2D eigenvalue weighted by Crippen LogP contribution is 2.28. The highest BCUT2D eigenvalue weighted by atomic mass is 16.5. The normalized spacial score (nSPS) is 40.9. The molecule has 0 bridgehead atoms. The molecule has 1 saturated heterocycles. The van der Waals surface area contributed by atoms with Crippen LogP contribution in [0.4, 0.5) is 0 Å². The second-order valence-corrected chi connectivity index (χ2v) is 4.92. The molecule has 16 heavy (non-hydrogen) atoms. The third-order valence-corrected chi connectivity index (χ3v) is 3.99. The van der Waals surface area contributed by atoms with Crippen molar-refractivity contribution in [2.24, 2.45) is 5.92 Å². The monoisotopic (exact) mass is 228 g/mol. The summed E-state index contributed by atoms with van der Waals surface area (Å²) < 4.78 is 10.7. The summed E-state index contributed by atoms with van der Waals surface area (Å²) in [6, 6.07) is 0. The van der Waals surface area contributed by atoms with Crippen LogP contribution in [0.3, 0.4) is 0 Å². The van der Waals surface area contributed by atoms with Crippen LogP contribution in [-0.4, -0.2) is 45.7 Å². The molecule has 94 valence electrons. The SMILES string of the molecule is COC1CCC(C2NCC(OC)CN2)CC1. The minimum atomic E-state index is 0.326. The number of nitrogens with one attached hydrogen (secondary N) is 2. The molecule has 4 nitrogen and oxygen atoms in total. The Labute approximate surface area is 98.1 Å². The maximum atomic E-state index is 5.40. The average Bonchev–Trinajstić information content (AvgIpc) is 2.39. The van der Waals surface area contributed by atoms with E-state index in [1.54, 1.807) is 7.11 Å². The molecule has 1 saturated carbocycles. The maximum Gasteiger partial charge on any atom is 0.0820 e. The molecule has 0 unspecified atom stereocenters. The zero-order valence-electron chi connectivity index (χ0n) is 10.4. The minimum Gasteiger partial charge on any atom is -0.381 e. The minimum absolute atomic E-state index is 0.326. The Morgan fingerprint density at radius 3 is 1.88 bits per heavy atom. The third kappa shape index (κ3) is 2.94. The Balaban J connectivity index is 1.73. The van der Waals surface area contributed by atoms with Gasteiger partial charge in [0.2, 0.25) is 0 Å². The van der Waals surface area contributed by atoms with Crippen molar-refractivity contribution in [2.45, 2.75) is 44.1 Å². The van der Waals surface area contributed by atoms with Gasteiger partial charge in [-0.2, -0.15) is 0 Å². The van der Waals surface area contributed by atoms with Gasteiger partial charge < -0.3 is 9.47 Å². The van der Waals surface area contributed by atoms with Crippen LogP contribution in [0.1, 0.15) is 25.7 Å². The van der Waals surface area contributed by atoms with Crippen LogP contribution >= 0.6 is 0 Å². The maximum absolute atomic E-state index is 5.40. The Bertz CT molecular complexity index is 175. The predicted octanol–water partition coefficient (Wildman–Crippen LogP) is 0.726. The lowest BCUT2D eigenvalue weighted by Gasteiger charge is -2.38. The van der Waals surface area contributed by atoms with Gasteiger partial charge >= 0.3 is 0 Å². The molecule has 0 aromatic rings. The quantitative estimate of drug-likeness (QED) is 0.747. The predicted molar refractivity (Wildman–Crippen MR) is 63.3 cm³/mol. The van der Waals surface area contributed by atoms with Crippen molar-refractivity contribution in [3.8, 4) is 0 Å². The molecule has 0 aromatic heterocycles. The van der Waals surface area contributed by atoms with E-state index >= 15 is 0 Å². The van der Waals surface area contributed by atoms with Gasteiger partial charge in [0, 0.05) is 27.3 Å². The molecule has 2 aliphatic rings. The summed E-state index contributed by atoms with van der Waals surface area (Å²) in [7, 11) is 3.60. The van der Waals surface area contributed by atoms with E-state index in [0.717, 1.165) is 19.0 Å². The van der Waals surface area contributed by atoms with Gasteiger partial charge in [-0.1, -0.05) is 0 Å². The van der Waals surface area contributed by atoms with Gasteiger partial charge in [-0.25, -0.2) is 0 Å². The fraction of sp³-hybridized carbons (Fsp3) is 1.00. The number of hydrogen-bond acceptors (Lipinski definition) is 4. The van der Waals surface area contributed by atoms with Crippen LogP contribution in [0.25, 0.3) is 0 Å². The molecule has 2 N–H and O–H groups in total. The lowest BCUT2D eigenvalue weighted by Crippen LogP contribution is -2.59. The van der Waals surface area contributed by atoms with Crippen LogP contribution in [0, 0.1) is 5.92 Å². The van der Waals surface area contributed by atoms with Gasteiger partial charge in [0.25, 0.3) is 0 Å². The van der Waals surface area contributed by atoms with Crippen molar-refractivity contribution in [2.75, 3.05) is 27.3 Å². The first-order valence-electron chi connectivity index (χ1n) is 6.36. The van der Waals surface area contributed by atoms with Gasteiger partial charge in [-0.3, -0.25) is 10.6 Å². The zero-order valence-corrected chi connectivity index (χ0v) is 10.4. The number of methoxy groups -OCH3 is 2. The van der Waals surface area contributed by atoms with E-state index in [2.05, 4.69) is 10.6 Å². The van der Waals surface area contributed by atoms with E-state index in [4.69, 9.17) is 9.47 Å². The molecule has 0 atom stereocenters. The molecule has 4 heteroatoms. The van der Waals surface area contributed by atoms with E-state index in [-0.39, 0.29) is 0 Å². The van der Waals surface area contributed by atoms with Gasteiger partial charge in [0.1, 0.15) is 0 Å². The molecule has 0 aromatic carbocycles. The number of hydrogen-bond donors (Lipinski definition) is 2. The van der Waals surface area contributed by atoms with Crippen molar-refractivity contribution in [3.05, 3.63) is 0 Å². The Hall–Kier alpha value is -0.160. The van der Waals surface area contributed by atoms with E-state index in [0.29, 0.717) is 18.4 Å². The van der Waals surface area contributed by atoms with Gasteiger partial charge in [-0.05, 0) is 31.6 Å². The van der Waals surface area contributed by atoms with Crippen LogP contribution in [0.2, 0.25) is 0 Å². The first-order chi connectivity index (χ1) is 7.83. The summed E-state index contributed by atoms with van der Waals surface area (Å²) >= 11 is 0. The Kier molecular flexibility index (Phi) is 4.58. The molecule has 2 fully saturated rings. The van der Waals surface area contributed by atoms with Crippen molar-refractivity contribution < 1.29 is 9.47 Å². The Morgan fingerprint density at radius 1 is 0.812 bits per heavy atom. The molecular formula is C12H24N2O2. The summed E-state index contributed by atoms with van der Waals surface area (Å²) in [5, 5.41) is 7.09. The molecule has 2 rings (SSSR count). The van der Waals surface area contributed by atoms with Crippen molar-refractivity contribution >= 4 is 0 Å². The highest BCUT2D eigenvalue weighted by Gasteiger charge is 2.30. The molecular weight excluding hydrogens is 204 g/mol. The highest BCUT2D eigenvalue weighted by molar-refractivity contribution is 4.85. The Morgan fingerprint density at radius 2 is 1.38 bits per heavy atom. The standard InChI is InChI=1S/C12H24N2O2/c1-15-10-5-3-9(4-6-10)12-13-7-11(16-2)8-14-12/h9-14H,3-8H2,1-2H3. The summed E-state index contributed by atoms with van der Waals surface area (Å²) in [5.74, 6) is 0.754. The number of rotatable bonds is 3. The van der Waals surface area contributed by atoms with Crippen LogP contribution < -0.4 is 10.6 Å². The fourth-order valence-corrected chi connectivity index (χ4v) is 2.82. The molecule has 0 spiro atoms. The van der Waals surface area contributed by atoms with E-state index < -0.39 is 0 Å². The second-order valence-electron chi connectivity index (χ2n) is 4.92. The summed E-state index contributed by atoms with van der Waals surface area (Å²) in [5.41, 5.74) is 0. The molecule has 0 radical (unpaired) electrons. The van der Waals surface area contributed by atoms with Crippen molar-refractivity contribution in [1.29, 1.82) is 0 Å². The first kappa shape index (κ1) is 12.3. The fourth-order valence-electron chi connectivity index (χ4n) is 2.82. The van der Waals surface area contributed by atoms with Crippen LogP contribution in [0.15, 0.2) is 0 Å². The van der Waals surface area contributed by atoms with Crippen molar-refractivity contribution in [1.82, 2.24) is 10.6 Å². The first-order valence-corrected chi connectivity index (χ1v) is 6.36. The topological polar surface area (TPSA) is 42.5 Å². The van der Waals surface area contributed by atoms with Crippen LogP contribution in [0.5, 0.6) is 0 Å². The zero-order chi connectivity index (χ0) is 11.4. The van der Waals surface area contributed by atoms with Gasteiger partial charge in [0.05, 0.1) is 18.4 Å². The summed E-state index contributed by atoms with van der Waals surface area (Å²) in [6.07, 6.45) is 6.23. The molecule has 1 aliphatic carbocycles. The lowest BCUT2D eigenvalue weighted by molar-refractivity contribution is 0.0299. The second kappa shape index (κ2) is 5.96. The smallest absolute Gasteiger partial charge is 0.0820 e. The molecule has 1 aliphatic heterocycles. The van der Waals surface area contributed by atoms with Crippen LogP contribution in [-0.2, 0) is 9.47 Å². The summed E-state index contributed by atoms with van der Waals surface area (Å²) in [4.78, 5) is 0. The van der Waals surface area contributed by atoms with E-state index in [1.807, 2.05) is 7.11 Å². The van der Waals surface area contributed by atoms with E-state index in [9.17, 15) is 0 Å². The largest absolute Gasteiger partial charge is 0.381 e. The van der Waals surface area contributed by atoms with Crippen molar-refractivity contribution in [3.63, 3.8) is 0 Å². The molecule has 1 heterocycles. The van der Waals surface area contributed by atoms with Gasteiger partial charge in [-0.15, -0.1) is 0 Å². The van der Waals surface area contributed by atoms with Gasteiger partial charge in [0.15, 0.2) is 0 Å². The summed E-state index contributed by atoms with van der Waals surface area (Å²) in [6.45, 7) is 1.94. The molecule has 0 amide bonds. The lowest BCUT2D eigenvalue weighted by atomic mass is 9.84.